The summed E-state index contributed by atoms with van der Waals surface area (Å²) in [6.45, 7) is 0. The maximum absolute atomic E-state index is 11.8. The Morgan fingerprint density at radius 1 is 1.00 bits per heavy atom. The molecule has 2 aromatic carbocycles. The van der Waals surface area contributed by atoms with Crippen LogP contribution in [0.5, 0.6) is 0 Å². The Morgan fingerprint density at radius 3 is 2.39 bits per heavy atom. The molecule has 1 N–H and O–H groups in total. The molecular formula is C15H12NO2. The highest BCUT2D eigenvalue weighted by molar-refractivity contribution is 6.10. The molecule has 0 aliphatic rings. The molecule has 0 aromatic heterocycles. The molecule has 2 rings (SSSR count). The molecule has 2 aromatic rings. The van der Waals surface area contributed by atoms with Crippen molar-refractivity contribution >= 4 is 17.4 Å². The van der Waals surface area contributed by atoms with Crippen LogP contribution in [-0.4, -0.2) is 11.7 Å². The van der Waals surface area contributed by atoms with Crippen molar-refractivity contribution in [2.24, 2.45) is 0 Å². The van der Waals surface area contributed by atoms with E-state index in [1.807, 2.05) is 18.2 Å². The minimum Gasteiger partial charge on any atom is -0.326 e. The molecule has 3 heteroatoms. The molecule has 1 amide bonds. The number of carbonyl (C=O) groups is 2. The second-order valence-electron chi connectivity index (χ2n) is 3.79. The van der Waals surface area contributed by atoms with E-state index in [0.29, 0.717) is 11.3 Å². The SMILES string of the molecule is O=C(CC(=O)c1[c]cccc1)Nc1ccccc1. The molecule has 0 aliphatic heterocycles. The molecule has 0 spiro atoms. The van der Waals surface area contributed by atoms with Gasteiger partial charge >= 0.3 is 0 Å². The molecule has 0 atom stereocenters. The third kappa shape index (κ3) is 3.28. The van der Waals surface area contributed by atoms with Crippen LogP contribution < -0.4 is 5.32 Å². The topological polar surface area (TPSA) is 46.2 Å². The summed E-state index contributed by atoms with van der Waals surface area (Å²) in [6.07, 6.45) is -0.171. The van der Waals surface area contributed by atoms with E-state index in [0.717, 1.165) is 0 Å². The number of benzene rings is 2. The number of ketones is 1. The average Bonchev–Trinajstić information content (AvgIpc) is 2.40. The minimum atomic E-state index is -0.316. The van der Waals surface area contributed by atoms with Gasteiger partial charge in [0.2, 0.25) is 5.91 Å². The number of amides is 1. The normalized spacial score (nSPS) is 9.78. The quantitative estimate of drug-likeness (QED) is 0.657. The van der Waals surface area contributed by atoms with E-state index < -0.39 is 0 Å². The Bertz CT molecular complexity index is 535. The van der Waals surface area contributed by atoms with Gasteiger partial charge in [-0.2, -0.15) is 0 Å². The molecule has 0 saturated heterocycles. The maximum atomic E-state index is 11.8. The van der Waals surface area contributed by atoms with Crippen LogP contribution in [0.15, 0.2) is 54.6 Å². The zero-order valence-corrected chi connectivity index (χ0v) is 9.72. The van der Waals surface area contributed by atoms with Gasteiger partial charge in [0.15, 0.2) is 5.78 Å². The third-order valence-corrected chi connectivity index (χ3v) is 2.39. The van der Waals surface area contributed by atoms with Crippen molar-refractivity contribution in [2.45, 2.75) is 6.42 Å². The second-order valence-corrected chi connectivity index (χ2v) is 3.79. The summed E-state index contributed by atoms with van der Waals surface area (Å²) in [4.78, 5) is 23.4. The summed E-state index contributed by atoms with van der Waals surface area (Å²) >= 11 is 0. The molecular weight excluding hydrogens is 226 g/mol. The van der Waals surface area contributed by atoms with Crippen molar-refractivity contribution in [3.8, 4) is 0 Å². The van der Waals surface area contributed by atoms with Crippen molar-refractivity contribution in [3.05, 3.63) is 66.2 Å². The van der Waals surface area contributed by atoms with Crippen LogP contribution in [0.1, 0.15) is 16.8 Å². The lowest BCUT2D eigenvalue weighted by molar-refractivity contribution is -0.115. The molecule has 89 valence electrons. The number of carbonyl (C=O) groups excluding carboxylic acids is 2. The van der Waals surface area contributed by atoms with Crippen molar-refractivity contribution in [3.63, 3.8) is 0 Å². The summed E-state index contributed by atoms with van der Waals surface area (Å²) in [5, 5.41) is 2.67. The lowest BCUT2D eigenvalue weighted by Gasteiger charge is -2.04. The molecule has 0 unspecified atom stereocenters. The highest BCUT2D eigenvalue weighted by Gasteiger charge is 2.11. The summed E-state index contributed by atoms with van der Waals surface area (Å²) in [5.74, 6) is -0.549. The zero-order chi connectivity index (χ0) is 12.8. The summed E-state index contributed by atoms with van der Waals surface area (Å²) in [6, 6.07) is 18.7. The largest absolute Gasteiger partial charge is 0.326 e. The van der Waals surface area contributed by atoms with Gasteiger partial charge in [0.25, 0.3) is 0 Å². The first-order valence-corrected chi connectivity index (χ1v) is 5.60. The predicted molar refractivity (Wildman–Crippen MR) is 69.3 cm³/mol. The number of hydrogen-bond acceptors (Lipinski definition) is 2. The first kappa shape index (κ1) is 12.0. The van der Waals surface area contributed by atoms with Gasteiger partial charge in [-0.05, 0) is 18.2 Å². The molecule has 3 nitrogen and oxygen atoms in total. The molecule has 0 aliphatic carbocycles. The van der Waals surface area contributed by atoms with Crippen LogP contribution in [0.25, 0.3) is 0 Å². The lowest BCUT2D eigenvalue weighted by atomic mass is 10.1. The molecule has 1 radical (unpaired) electrons. The summed E-state index contributed by atoms with van der Waals surface area (Å²) in [5.41, 5.74) is 1.12. The molecule has 0 fully saturated rings. The van der Waals surface area contributed by atoms with E-state index in [-0.39, 0.29) is 18.1 Å². The number of rotatable bonds is 4. The van der Waals surface area contributed by atoms with Gasteiger partial charge in [0.05, 0.1) is 6.42 Å². The Morgan fingerprint density at radius 2 is 1.72 bits per heavy atom. The monoisotopic (exact) mass is 238 g/mol. The van der Waals surface area contributed by atoms with E-state index >= 15 is 0 Å². The van der Waals surface area contributed by atoms with Crippen molar-refractivity contribution in [1.82, 2.24) is 0 Å². The van der Waals surface area contributed by atoms with Crippen LogP contribution in [-0.2, 0) is 4.79 Å². The van der Waals surface area contributed by atoms with Gasteiger partial charge in [-0.15, -0.1) is 0 Å². The fourth-order valence-electron chi connectivity index (χ4n) is 1.53. The Kier molecular flexibility index (Phi) is 3.86. The smallest absolute Gasteiger partial charge is 0.232 e. The van der Waals surface area contributed by atoms with Gasteiger partial charge < -0.3 is 5.32 Å². The highest BCUT2D eigenvalue weighted by Crippen LogP contribution is 2.07. The van der Waals surface area contributed by atoms with Gasteiger partial charge in [-0.3, -0.25) is 9.59 Å². The van der Waals surface area contributed by atoms with Crippen LogP contribution in [0.3, 0.4) is 0 Å². The van der Waals surface area contributed by atoms with E-state index in [1.165, 1.54) is 0 Å². The number of hydrogen-bond donors (Lipinski definition) is 1. The van der Waals surface area contributed by atoms with E-state index in [1.54, 1.807) is 36.4 Å². The Hall–Kier alpha value is -2.42. The summed E-state index contributed by atoms with van der Waals surface area (Å²) < 4.78 is 0. The first-order chi connectivity index (χ1) is 8.75. The fraction of sp³-hybridized carbons (Fsp3) is 0.0667. The van der Waals surface area contributed by atoms with Crippen LogP contribution in [0.4, 0.5) is 5.69 Å². The third-order valence-electron chi connectivity index (χ3n) is 2.39. The Labute approximate surface area is 105 Å². The van der Waals surface area contributed by atoms with Crippen molar-refractivity contribution < 1.29 is 9.59 Å². The van der Waals surface area contributed by atoms with E-state index in [9.17, 15) is 9.59 Å². The van der Waals surface area contributed by atoms with Crippen LogP contribution in [0.2, 0.25) is 0 Å². The molecule has 0 bridgehead atoms. The fourth-order valence-corrected chi connectivity index (χ4v) is 1.53. The maximum Gasteiger partial charge on any atom is 0.232 e. The van der Waals surface area contributed by atoms with Gasteiger partial charge in [0, 0.05) is 11.3 Å². The second kappa shape index (κ2) is 5.77. The standard InChI is InChI=1S/C15H12NO2/c17-14(12-7-3-1-4-8-12)11-15(18)16-13-9-5-2-6-10-13/h1-7,9-10H,11H2,(H,16,18). The number of nitrogens with one attached hydrogen (secondary N) is 1. The van der Waals surface area contributed by atoms with Gasteiger partial charge in [-0.25, -0.2) is 0 Å². The molecule has 18 heavy (non-hydrogen) atoms. The first-order valence-electron chi connectivity index (χ1n) is 5.60. The Balaban J connectivity index is 1.94. The lowest BCUT2D eigenvalue weighted by Crippen LogP contribution is -2.16. The number of anilines is 1. The van der Waals surface area contributed by atoms with Crippen molar-refractivity contribution in [2.75, 3.05) is 5.32 Å². The molecule has 0 heterocycles. The zero-order valence-electron chi connectivity index (χ0n) is 9.72. The van der Waals surface area contributed by atoms with E-state index in [2.05, 4.69) is 11.4 Å². The number of para-hydroxylation sites is 1. The highest BCUT2D eigenvalue weighted by atomic mass is 16.2. The van der Waals surface area contributed by atoms with Crippen molar-refractivity contribution in [1.29, 1.82) is 0 Å². The van der Waals surface area contributed by atoms with E-state index in [4.69, 9.17) is 0 Å². The minimum absolute atomic E-state index is 0.171. The average molecular weight is 238 g/mol. The summed E-state index contributed by atoms with van der Waals surface area (Å²) in [7, 11) is 0. The number of Topliss-reactive ketones (excluding diaryl/α,β-unsaturated/α-hetero) is 1. The van der Waals surface area contributed by atoms with Gasteiger partial charge in [0.1, 0.15) is 0 Å². The molecule has 0 saturated carbocycles. The predicted octanol–water partition coefficient (Wildman–Crippen LogP) is 2.70. The van der Waals surface area contributed by atoms with Crippen LogP contribution >= 0.6 is 0 Å². The van der Waals surface area contributed by atoms with Crippen LogP contribution in [0, 0.1) is 6.07 Å². The van der Waals surface area contributed by atoms with Gasteiger partial charge in [-0.1, -0.05) is 42.5 Å².